The third kappa shape index (κ3) is 13.3. The first-order valence-electron chi connectivity index (χ1n) is 18.3. The Balaban J connectivity index is 1.54. The monoisotopic (exact) mass is 724 g/mol. The maximum atomic E-state index is 13.7. The second-order valence-electron chi connectivity index (χ2n) is 15.3. The van der Waals surface area contributed by atoms with Gasteiger partial charge in [0.05, 0.1) is 11.4 Å². The quantitative estimate of drug-likeness (QED) is 0.0842. The van der Waals surface area contributed by atoms with Gasteiger partial charge in [-0.1, -0.05) is 67.2 Å². The minimum absolute atomic E-state index is 0.0573. The van der Waals surface area contributed by atoms with Crippen molar-refractivity contribution in [3.63, 3.8) is 0 Å². The second-order valence-corrected chi connectivity index (χ2v) is 15.3. The highest BCUT2D eigenvalue weighted by Crippen LogP contribution is 2.29. The molecule has 10 heteroatoms. The summed E-state index contributed by atoms with van der Waals surface area (Å²) >= 11 is 0. The van der Waals surface area contributed by atoms with E-state index in [9.17, 15) is 14.4 Å². The third-order valence-corrected chi connectivity index (χ3v) is 8.36. The summed E-state index contributed by atoms with van der Waals surface area (Å²) < 4.78 is 19.2. The number of unbranched alkanes of at least 4 members (excludes halogenated alkanes) is 1. The summed E-state index contributed by atoms with van der Waals surface area (Å²) in [7, 11) is 1.81. The molecule has 0 aliphatic rings. The Kier molecular flexibility index (Phi) is 14.1. The van der Waals surface area contributed by atoms with E-state index >= 15 is 0 Å². The lowest BCUT2D eigenvalue weighted by Gasteiger charge is -2.26. The maximum Gasteiger partial charge on any atom is 0.407 e. The van der Waals surface area contributed by atoms with E-state index in [1.165, 1.54) is 0 Å². The number of benzene rings is 3. The number of hydrogen-bond acceptors (Lipinski definition) is 7. The number of ether oxygens (including phenoxy) is 3. The number of amides is 2. The number of fused-ring (bicyclic) bond motifs is 1. The summed E-state index contributed by atoms with van der Waals surface area (Å²) in [5.41, 5.74) is 2.92. The summed E-state index contributed by atoms with van der Waals surface area (Å²) in [6.45, 7) is 16.8. The van der Waals surface area contributed by atoms with Crippen LogP contribution in [0.4, 0.5) is 4.79 Å². The molecule has 4 aromatic rings. The van der Waals surface area contributed by atoms with Crippen LogP contribution in [0.5, 0.6) is 5.75 Å². The molecule has 0 saturated carbocycles. The molecule has 53 heavy (non-hydrogen) atoms. The van der Waals surface area contributed by atoms with Crippen molar-refractivity contribution in [3.8, 4) is 5.75 Å². The molecule has 1 unspecified atom stereocenters. The number of alkyl carbamates (subject to hydrolysis) is 1. The Morgan fingerprint density at radius 1 is 0.830 bits per heavy atom. The summed E-state index contributed by atoms with van der Waals surface area (Å²) in [5.74, 6) is 0.231. The Morgan fingerprint density at radius 2 is 1.47 bits per heavy atom. The van der Waals surface area contributed by atoms with Crippen molar-refractivity contribution in [2.24, 2.45) is 0 Å². The van der Waals surface area contributed by atoms with Crippen LogP contribution in [-0.4, -0.2) is 64.8 Å². The van der Waals surface area contributed by atoms with E-state index in [4.69, 9.17) is 14.2 Å². The van der Waals surface area contributed by atoms with Crippen molar-refractivity contribution >= 4 is 34.6 Å². The van der Waals surface area contributed by atoms with Crippen molar-refractivity contribution in [2.45, 2.75) is 97.6 Å². The highest BCUT2D eigenvalue weighted by molar-refractivity contribution is 5.89. The lowest BCUT2D eigenvalue weighted by atomic mass is 10.1. The normalized spacial score (nSPS) is 12.1. The predicted octanol–water partition coefficient (Wildman–Crippen LogP) is 7.89. The molecule has 0 spiro atoms. The lowest BCUT2D eigenvalue weighted by molar-refractivity contribution is -0.157. The molecule has 2 amide bonds. The molecule has 1 atom stereocenters. The minimum Gasteiger partial charge on any atom is -0.489 e. The summed E-state index contributed by atoms with van der Waals surface area (Å²) in [6.07, 6.45) is 1.94. The Labute approximate surface area is 314 Å². The molecule has 3 aromatic carbocycles. The van der Waals surface area contributed by atoms with E-state index in [0.717, 1.165) is 28.5 Å². The number of carbonyl (C=O) groups is 3. The maximum absolute atomic E-state index is 13.7. The molecule has 0 aliphatic heterocycles. The number of rotatable bonds is 17. The number of nitrogens with one attached hydrogen (secondary N) is 2. The second kappa shape index (κ2) is 18.5. The summed E-state index contributed by atoms with van der Waals surface area (Å²) in [6, 6.07) is 27.1. The molecule has 0 aliphatic carbocycles. The van der Waals surface area contributed by atoms with E-state index in [1.54, 1.807) is 4.90 Å². The molecule has 284 valence electrons. The molecular weight excluding hydrogens is 668 g/mol. The van der Waals surface area contributed by atoms with Gasteiger partial charge in [-0.25, -0.2) is 9.59 Å². The van der Waals surface area contributed by atoms with Gasteiger partial charge in [0.2, 0.25) is 5.91 Å². The molecule has 0 radical (unpaired) electrons. The van der Waals surface area contributed by atoms with Crippen LogP contribution in [0, 0.1) is 0 Å². The average Bonchev–Trinajstić information content (AvgIpc) is 3.45. The van der Waals surface area contributed by atoms with Crippen LogP contribution in [0.15, 0.2) is 91.5 Å². The first-order valence-corrected chi connectivity index (χ1v) is 18.3. The van der Waals surface area contributed by atoms with Gasteiger partial charge in [0.15, 0.2) is 0 Å². The SMILES string of the molecule is C=C(NC(CCCCNC(=O)OC(C)(C)C)C(=O)OC(C)(C)C)c1cc2cc(OCc3ccccc3)ccc2n1CC(=O)N(C)CCc1ccccc1. The fraction of sp³-hybridized carbons (Fsp3) is 0.419. The van der Waals surface area contributed by atoms with Gasteiger partial charge in [-0.15, -0.1) is 0 Å². The van der Waals surface area contributed by atoms with E-state index in [2.05, 4.69) is 29.3 Å². The summed E-state index contributed by atoms with van der Waals surface area (Å²) in [4.78, 5) is 41.1. The number of esters is 1. The average molecular weight is 725 g/mol. The Morgan fingerprint density at radius 3 is 2.11 bits per heavy atom. The van der Waals surface area contributed by atoms with E-state index in [-0.39, 0.29) is 12.5 Å². The summed E-state index contributed by atoms with van der Waals surface area (Å²) in [5, 5.41) is 6.98. The number of carbonyl (C=O) groups excluding carboxylic acids is 3. The molecule has 4 rings (SSSR count). The zero-order chi connectivity index (χ0) is 38.6. The minimum atomic E-state index is -0.719. The van der Waals surface area contributed by atoms with E-state index < -0.39 is 29.3 Å². The van der Waals surface area contributed by atoms with Gasteiger partial charge in [-0.3, -0.25) is 4.79 Å². The van der Waals surface area contributed by atoms with Crippen molar-refractivity contribution < 1.29 is 28.6 Å². The van der Waals surface area contributed by atoms with Gasteiger partial charge in [-0.05, 0) is 103 Å². The number of likely N-dealkylation sites (N-methyl/N-ethyl adjacent to an activating group) is 1. The smallest absolute Gasteiger partial charge is 0.407 e. The molecular formula is C43H56N4O6. The van der Waals surface area contributed by atoms with Crippen molar-refractivity contribution in [2.75, 3.05) is 20.1 Å². The largest absolute Gasteiger partial charge is 0.489 e. The van der Waals surface area contributed by atoms with Crippen LogP contribution in [-0.2, 0) is 38.6 Å². The van der Waals surface area contributed by atoms with Crippen molar-refractivity contribution in [1.82, 2.24) is 20.1 Å². The van der Waals surface area contributed by atoms with Gasteiger partial charge >= 0.3 is 12.1 Å². The van der Waals surface area contributed by atoms with E-state index in [1.807, 2.05) is 126 Å². The van der Waals surface area contributed by atoms with Crippen LogP contribution < -0.4 is 15.4 Å². The molecule has 0 saturated heterocycles. The van der Waals surface area contributed by atoms with Gasteiger partial charge in [-0.2, -0.15) is 0 Å². The molecule has 1 aromatic heterocycles. The first-order chi connectivity index (χ1) is 25.1. The lowest BCUT2D eigenvalue weighted by Crippen LogP contribution is -2.41. The van der Waals surface area contributed by atoms with Crippen molar-refractivity contribution in [3.05, 3.63) is 108 Å². The topological polar surface area (TPSA) is 111 Å². The standard InChI is InChI=1S/C43H56N4O6/c1-31(45-36(40(49)52-42(2,3)4)21-15-16-25-44-41(50)53-43(5,6)7)38-28-34-27-35(51-30-33-19-13-10-14-20-33)22-23-37(34)47(38)29-39(48)46(8)26-24-32-17-11-9-12-18-32/h9-14,17-20,22-23,27-28,36,45H,1,15-16,21,24-26,29-30H2,2-8H3,(H,44,50). The first kappa shape index (κ1) is 40.5. The molecule has 2 N–H and O–H groups in total. The molecule has 1 heterocycles. The van der Waals surface area contributed by atoms with E-state index in [0.29, 0.717) is 56.1 Å². The van der Waals surface area contributed by atoms with Crippen LogP contribution in [0.3, 0.4) is 0 Å². The fourth-order valence-corrected chi connectivity index (χ4v) is 5.71. The van der Waals surface area contributed by atoms with Crippen LogP contribution in [0.25, 0.3) is 16.6 Å². The number of nitrogens with zero attached hydrogens (tertiary/aromatic N) is 2. The number of hydrogen-bond donors (Lipinski definition) is 2. The van der Waals surface area contributed by atoms with Gasteiger partial charge in [0.25, 0.3) is 0 Å². The van der Waals surface area contributed by atoms with Crippen LogP contribution >= 0.6 is 0 Å². The predicted molar refractivity (Wildman–Crippen MR) is 210 cm³/mol. The Bertz CT molecular complexity index is 1820. The molecule has 0 fully saturated rings. The molecule has 10 nitrogen and oxygen atoms in total. The van der Waals surface area contributed by atoms with Crippen molar-refractivity contribution in [1.29, 1.82) is 0 Å². The highest BCUT2D eigenvalue weighted by atomic mass is 16.6. The van der Waals surface area contributed by atoms with Crippen LogP contribution in [0.1, 0.15) is 77.6 Å². The fourth-order valence-electron chi connectivity index (χ4n) is 5.71. The third-order valence-electron chi connectivity index (χ3n) is 8.36. The van der Waals surface area contributed by atoms with Gasteiger partial charge < -0.3 is 34.3 Å². The number of aromatic nitrogens is 1. The van der Waals surface area contributed by atoms with Crippen LogP contribution in [0.2, 0.25) is 0 Å². The van der Waals surface area contributed by atoms with Gasteiger partial charge in [0, 0.05) is 31.0 Å². The Hall–Kier alpha value is -5.25. The van der Waals surface area contributed by atoms with Gasteiger partial charge in [0.1, 0.15) is 36.1 Å². The molecule has 0 bridgehead atoms. The highest BCUT2D eigenvalue weighted by Gasteiger charge is 2.27. The zero-order valence-electron chi connectivity index (χ0n) is 32.4. The zero-order valence-corrected chi connectivity index (χ0v) is 32.4.